The van der Waals surface area contributed by atoms with Gasteiger partial charge >= 0.3 is 0 Å². The molecule has 3 nitrogen and oxygen atoms in total. The fourth-order valence-electron chi connectivity index (χ4n) is 1.99. The third-order valence-corrected chi connectivity index (χ3v) is 3.20. The highest BCUT2D eigenvalue weighted by Crippen LogP contribution is 2.17. The van der Waals surface area contributed by atoms with Crippen LogP contribution in [-0.4, -0.2) is 55.7 Å². The highest BCUT2D eigenvalue weighted by Gasteiger charge is 2.20. The zero-order chi connectivity index (χ0) is 10.6. The van der Waals surface area contributed by atoms with Crippen LogP contribution in [0.5, 0.6) is 0 Å². The normalized spacial score (nSPS) is 18.7. The van der Waals surface area contributed by atoms with Crippen molar-refractivity contribution in [2.75, 3.05) is 40.8 Å². The lowest BCUT2D eigenvalue weighted by Gasteiger charge is -2.34. The molecular formula is C10H21N3S. The molecule has 0 aromatic rings. The molecule has 0 bridgehead atoms. The van der Waals surface area contributed by atoms with Gasteiger partial charge in [0.15, 0.2) is 5.11 Å². The van der Waals surface area contributed by atoms with E-state index in [9.17, 15) is 0 Å². The van der Waals surface area contributed by atoms with Gasteiger partial charge < -0.3 is 15.1 Å². The van der Waals surface area contributed by atoms with Gasteiger partial charge in [-0.3, -0.25) is 0 Å². The van der Waals surface area contributed by atoms with E-state index in [2.05, 4.69) is 29.2 Å². The molecule has 0 radical (unpaired) electrons. The van der Waals surface area contributed by atoms with Crippen molar-refractivity contribution in [2.45, 2.75) is 12.8 Å². The quantitative estimate of drug-likeness (QED) is 0.685. The van der Waals surface area contributed by atoms with E-state index >= 15 is 0 Å². The molecule has 82 valence electrons. The molecule has 0 spiro atoms. The third kappa shape index (κ3) is 3.42. The lowest BCUT2D eigenvalue weighted by molar-refractivity contribution is 0.218. The fourth-order valence-corrected chi connectivity index (χ4v) is 2.18. The Labute approximate surface area is 92.4 Å². The molecular weight excluding hydrogens is 194 g/mol. The van der Waals surface area contributed by atoms with Gasteiger partial charge in [0.2, 0.25) is 0 Å². The standard InChI is InChI=1S/C10H21N3S/c1-11-10(14)13-6-4-9(5-7-13)8-12(2)3/h9H,4-8H2,1-3H3,(H,11,14). The van der Waals surface area contributed by atoms with Gasteiger partial charge in [0.05, 0.1) is 0 Å². The van der Waals surface area contributed by atoms with Crippen molar-refractivity contribution in [3.8, 4) is 0 Å². The summed E-state index contributed by atoms with van der Waals surface area (Å²) >= 11 is 5.21. The molecule has 1 saturated heterocycles. The molecule has 0 aromatic carbocycles. The Bertz CT molecular complexity index is 186. The van der Waals surface area contributed by atoms with Crippen LogP contribution in [0.4, 0.5) is 0 Å². The minimum absolute atomic E-state index is 0.848. The Morgan fingerprint density at radius 3 is 2.43 bits per heavy atom. The summed E-state index contributed by atoms with van der Waals surface area (Å²) in [6.07, 6.45) is 2.53. The topological polar surface area (TPSA) is 18.5 Å². The lowest BCUT2D eigenvalue weighted by atomic mass is 9.97. The van der Waals surface area contributed by atoms with Gasteiger partial charge in [-0.1, -0.05) is 0 Å². The molecule has 1 rings (SSSR count). The van der Waals surface area contributed by atoms with Gasteiger partial charge in [-0.25, -0.2) is 0 Å². The number of hydrogen-bond donors (Lipinski definition) is 1. The van der Waals surface area contributed by atoms with Crippen molar-refractivity contribution >= 4 is 17.3 Å². The van der Waals surface area contributed by atoms with Gasteiger partial charge in [0.1, 0.15) is 0 Å². The molecule has 0 aliphatic carbocycles. The smallest absolute Gasteiger partial charge is 0.168 e. The summed E-state index contributed by atoms with van der Waals surface area (Å²) < 4.78 is 0. The minimum atomic E-state index is 0.848. The summed E-state index contributed by atoms with van der Waals surface area (Å²) in [5.74, 6) is 0.848. The summed E-state index contributed by atoms with van der Waals surface area (Å²) in [6, 6.07) is 0. The molecule has 1 heterocycles. The second-order valence-electron chi connectivity index (χ2n) is 4.25. The number of nitrogens with one attached hydrogen (secondary N) is 1. The van der Waals surface area contributed by atoms with Crippen molar-refractivity contribution in [3.05, 3.63) is 0 Å². The van der Waals surface area contributed by atoms with Gasteiger partial charge in [-0.15, -0.1) is 0 Å². The molecule has 0 saturated carbocycles. The van der Waals surface area contributed by atoms with Crippen LogP contribution >= 0.6 is 12.2 Å². The molecule has 0 amide bonds. The summed E-state index contributed by atoms with van der Waals surface area (Å²) in [6.45, 7) is 3.43. The zero-order valence-electron chi connectivity index (χ0n) is 9.42. The fraction of sp³-hybridized carbons (Fsp3) is 0.900. The maximum Gasteiger partial charge on any atom is 0.168 e. The van der Waals surface area contributed by atoms with Crippen LogP contribution in [0, 0.1) is 5.92 Å². The number of piperidine rings is 1. The van der Waals surface area contributed by atoms with E-state index in [0.717, 1.165) is 24.1 Å². The lowest BCUT2D eigenvalue weighted by Crippen LogP contribution is -2.44. The van der Waals surface area contributed by atoms with E-state index in [-0.39, 0.29) is 0 Å². The largest absolute Gasteiger partial charge is 0.366 e. The molecule has 0 aromatic heterocycles. The number of likely N-dealkylation sites (tertiary alicyclic amines) is 1. The first-order valence-electron chi connectivity index (χ1n) is 5.25. The first-order chi connectivity index (χ1) is 6.63. The molecule has 1 N–H and O–H groups in total. The predicted octanol–water partition coefficient (Wildman–Crippen LogP) is 0.764. The first kappa shape index (κ1) is 11.7. The Morgan fingerprint density at radius 1 is 1.43 bits per heavy atom. The van der Waals surface area contributed by atoms with E-state index in [1.54, 1.807) is 0 Å². The molecule has 14 heavy (non-hydrogen) atoms. The van der Waals surface area contributed by atoms with Crippen molar-refractivity contribution in [1.29, 1.82) is 0 Å². The van der Waals surface area contributed by atoms with Gasteiger partial charge in [0.25, 0.3) is 0 Å². The molecule has 1 aliphatic rings. The third-order valence-electron chi connectivity index (χ3n) is 2.74. The Balaban J connectivity index is 2.27. The maximum absolute atomic E-state index is 5.21. The molecule has 1 aliphatic heterocycles. The Morgan fingerprint density at radius 2 is 2.00 bits per heavy atom. The predicted molar refractivity (Wildman–Crippen MR) is 64.5 cm³/mol. The summed E-state index contributed by atoms with van der Waals surface area (Å²) in [7, 11) is 6.18. The van der Waals surface area contributed by atoms with Crippen molar-refractivity contribution in [1.82, 2.24) is 15.1 Å². The maximum atomic E-state index is 5.21. The highest BCUT2D eigenvalue weighted by atomic mass is 32.1. The van der Waals surface area contributed by atoms with Crippen LogP contribution < -0.4 is 5.32 Å². The first-order valence-corrected chi connectivity index (χ1v) is 5.65. The highest BCUT2D eigenvalue weighted by molar-refractivity contribution is 7.80. The summed E-state index contributed by atoms with van der Waals surface area (Å²) in [5, 5.41) is 3.93. The monoisotopic (exact) mass is 215 g/mol. The van der Waals surface area contributed by atoms with Gasteiger partial charge in [-0.05, 0) is 45.1 Å². The molecule has 4 heteroatoms. The molecule has 0 atom stereocenters. The van der Waals surface area contributed by atoms with Gasteiger partial charge in [0, 0.05) is 26.7 Å². The van der Waals surface area contributed by atoms with E-state index in [4.69, 9.17) is 12.2 Å². The molecule has 1 fully saturated rings. The Hall–Kier alpha value is -0.350. The van der Waals surface area contributed by atoms with E-state index in [1.165, 1.54) is 19.4 Å². The van der Waals surface area contributed by atoms with Gasteiger partial charge in [-0.2, -0.15) is 0 Å². The van der Waals surface area contributed by atoms with E-state index in [0.29, 0.717) is 0 Å². The zero-order valence-corrected chi connectivity index (χ0v) is 10.2. The number of nitrogens with zero attached hydrogens (tertiary/aromatic N) is 2. The van der Waals surface area contributed by atoms with Crippen LogP contribution in [-0.2, 0) is 0 Å². The number of thiocarbonyl (C=S) groups is 1. The second-order valence-corrected chi connectivity index (χ2v) is 4.63. The van der Waals surface area contributed by atoms with Crippen LogP contribution in [0.25, 0.3) is 0 Å². The summed E-state index contributed by atoms with van der Waals surface area (Å²) in [5.41, 5.74) is 0. The number of rotatable bonds is 2. The second kappa shape index (κ2) is 5.51. The van der Waals surface area contributed by atoms with Crippen molar-refractivity contribution in [3.63, 3.8) is 0 Å². The Kier molecular flexibility index (Phi) is 4.62. The average molecular weight is 215 g/mol. The number of hydrogen-bond acceptors (Lipinski definition) is 2. The average Bonchev–Trinajstić information content (AvgIpc) is 2.17. The van der Waals surface area contributed by atoms with Crippen LogP contribution in [0.15, 0.2) is 0 Å². The van der Waals surface area contributed by atoms with Crippen LogP contribution in [0.1, 0.15) is 12.8 Å². The minimum Gasteiger partial charge on any atom is -0.366 e. The van der Waals surface area contributed by atoms with Crippen LogP contribution in [0.3, 0.4) is 0 Å². The SMILES string of the molecule is CNC(=S)N1CCC(CN(C)C)CC1. The molecule has 0 unspecified atom stereocenters. The summed E-state index contributed by atoms with van der Waals surface area (Å²) in [4.78, 5) is 4.54. The van der Waals surface area contributed by atoms with Crippen molar-refractivity contribution < 1.29 is 0 Å². The van der Waals surface area contributed by atoms with Crippen LogP contribution in [0.2, 0.25) is 0 Å². The van der Waals surface area contributed by atoms with E-state index in [1.807, 2.05) is 7.05 Å². The van der Waals surface area contributed by atoms with Crippen molar-refractivity contribution in [2.24, 2.45) is 5.92 Å². The van der Waals surface area contributed by atoms with E-state index < -0.39 is 0 Å².